The molecule has 2 heterocycles. The lowest BCUT2D eigenvalue weighted by Crippen LogP contribution is -2.48. The fourth-order valence-electron chi connectivity index (χ4n) is 5.88. The molecule has 0 radical (unpaired) electrons. The monoisotopic (exact) mass is 666 g/mol. The number of fused-ring (bicyclic) bond motifs is 1. The van der Waals surface area contributed by atoms with E-state index in [4.69, 9.17) is 28.4 Å². The minimum Gasteiger partial charge on any atom is -0.493 e. The van der Waals surface area contributed by atoms with Crippen molar-refractivity contribution in [3.63, 3.8) is 0 Å². The van der Waals surface area contributed by atoms with Crippen LogP contribution in [0.25, 0.3) is 10.1 Å². The summed E-state index contributed by atoms with van der Waals surface area (Å²) in [6.45, 7) is 16.3. The van der Waals surface area contributed by atoms with E-state index in [0.717, 1.165) is 93.4 Å². The second-order valence-corrected chi connectivity index (χ2v) is 13.7. The third-order valence-electron chi connectivity index (χ3n) is 8.54. The largest absolute Gasteiger partial charge is 0.493 e. The van der Waals surface area contributed by atoms with Crippen molar-refractivity contribution in [2.24, 2.45) is 0 Å². The molecule has 260 valence electrons. The summed E-state index contributed by atoms with van der Waals surface area (Å²) in [7, 11) is 0. The SMILES string of the molecule is C=CCOc1cc(OCCCC)c([C@@H]2O[C@H](COCCCC)C[C@H](OCCCC)[C@H]2OCCCC)cc1Cc1cc2ccccc2s1. The Bertz CT molecular complexity index is 1290. The van der Waals surface area contributed by atoms with Crippen LogP contribution in [0.3, 0.4) is 0 Å². The predicted molar refractivity (Wildman–Crippen MR) is 194 cm³/mol. The number of hydrogen-bond acceptors (Lipinski definition) is 7. The van der Waals surface area contributed by atoms with E-state index < -0.39 is 0 Å². The number of rotatable bonds is 23. The van der Waals surface area contributed by atoms with Crippen molar-refractivity contribution in [3.8, 4) is 11.5 Å². The molecule has 1 aliphatic rings. The number of benzene rings is 2. The lowest BCUT2D eigenvalue weighted by atomic mass is 9.90. The van der Waals surface area contributed by atoms with Crippen LogP contribution in [0.15, 0.2) is 55.1 Å². The van der Waals surface area contributed by atoms with Gasteiger partial charge in [0.15, 0.2) is 0 Å². The Morgan fingerprint density at radius 1 is 0.830 bits per heavy atom. The van der Waals surface area contributed by atoms with Gasteiger partial charge in [-0.05, 0) is 54.8 Å². The van der Waals surface area contributed by atoms with Gasteiger partial charge in [-0.2, -0.15) is 0 Å². The van der Waals surface area contributed by atoms with Gasteiger partial charge in [-0.1, -0.05) is 84.2 Å². The Balaban J connectivity index is 1.77. The molecular formula is C40H58O6S. The van der Waals surface area contributed by atoms with E-state index in [-0.39, 0.29) is 24.4 Å². The van der Waals surface area contributed by atoms with Crippen LogP contribution in [-0.2, 0) is 25.4 Å². The van der Waals surface area contributed by atoms with Crippen LogP contribution in [0.5, 0.6) is 11.5 Å². The summed E-state index contributed by atoms with van der Waals surface area (Å²) in [5.41, 5.74) is 2.09. The Hall–Kier alpha value is -2.42. The molecule has 0 saturated carbocycles. The molecule has 0 bridgehead atoms. The Morgan fingerprint density at radius 2 is 1.55 bits per heavy atom. The maximum Gasteiger partial charge on any atom is 0.128 e. The molecule has 1 saturated heterocycles. The van der Waals surface area contributed by atoms with Gasteiger partial charge in [-0.25, -0.2) is 0 Å². The second-order valence-electron chi connectivity index (χ2n) is 12.5. The zero-order chi connectivity index (χ0) is 33.3. The van der Waals surface area contributed by atoms with Gasteiger partial charge in [0, 0.05) is 53.9 Å². The van der Waals surface area contributed by atoms with Crippen molar-refractivity contribution in [2.75, 3.05) is 39.6 Å². The standard InChI is InChI=1S/C40H58O6S/c1-6-11-20-41-29-32-27-37(44-22-13-8-3)40(45-23-14-9-4)39(46-32)34-26-31(25-33-24-30-17-15-16-18-38(30)47-33)35(42-19-10-5)28-36(34)43-21-12-7-2/h10,15-18,24,26,28,32,37,39-40H,5-9,11-14,19-23,25,27,29H2,1-4H3/t32-,37-,39-,40+/m0/s1. The lowest BCUT2D eigenvalue weighted by Gasteiger charge is -2.42. The highest BCUT2D eigenvalue weighted by atomic mass is 32.1. The van der Waals surface area contributed by atoms with Gasteiger partial charge in [0.05, 0.1) is 25.4 Å². The van der Waals surface area contributed by atoms with Gasteiger partial charge in [-0.3, -0.25) is 0 Å². The highest BCUT2D eigenvalue weighted by Gasteiger charge is 2.42. The molecule has 4 atom stereocenters. The molecule has 2 aromatic carbocycles. The van der Waals surface area contributed by atoms with Crippen LogP contribution in [0.1, 0.15) is 108 Å². The Kier molecular flexibility index (Phi) is 16.6. The van der Waals surface area contributed by atoms with Gasteiger partial charge in [0.1, 0.15) is 30.3 Å². The van der Waals surface area contributed by atoms with Gasteiger partial charge in [-0.15, -0.1) is 11.3 Å². The predicted octanol–water partition coefficient (Wildman–Crippen LogP) is 10.3. The summed E-state index contributed by atoms with van der Waals surface area (Å²) in [4.78, 5) is 1.28. The van der Waals surface area contributed by atoms with Gasteiger partial charge in [0.25, 0.3) is 0 Å². The fourth-order valence-corrected chi connectivity index (χ4v) is 6.97. The molecule has 1 aromatic heterocycles. The first kappa shape index (κ1) is 37.4. The summed E-state index contributed by atoms with van der Waals surface area (Å²) in [5.74, 6) is 1.60. The molecule has 0 spiro atoms. The molecule has 1 fully saturated rings. The van der Waals surface area contributed by atoms with Crippen LogP contribution < -0.4 is 9.47 Å². The van der Waals surface area contributed by atoms with Crippen LogP contribution in [-0.4, -0.2) is 58.0 Å². The fraction of sp³-hybridized carbons (Fsp3) is 0.600. The van der Waals surface area contributed by atoms with E-state index in [1.807, 2.05) is 11.3 Å². The second kappa shape index (κ2) is 20.8. The van der Waals surface area contributed by atoms with E-state index in [2.05, 4.69) is 76.7 Å². The molecule has 0 amide bonds. The molecule has 0 unspecified atom stereocenters. The minimum absolute atomic E-state index is 0.108. The molecule has 47 heavy (non-hydrogen) atoms. The third kappa shape index (κ3) is 11.3. The summed E-state index contributed by atoms with van der Waals surface area (Å²) in [5, 5.41) is 1.26. The van der Waals surface area contributed by atoms with Crippen molar-refractivity contribution in [1.29, 1.82) is 0 Å². The highest BCUT2D eigenvalue weighted by Crippen LogP contribution is 2.43. The van der Waals surface area contributed by atoms with Crippen molar-refractivity contribution in [2.45, 2.75) is 116 Å². The molecule has 6 nitrogen and oxygen atoms in total. The topological polar surface area (TPSA) is 55.4 Å². The number of hydrogen-bond donors (Lipinski definition) is 0. The third-order valence-corrected chi connectivity index (χ3v) is 9.65. The van der Waals surface area contributed by atoms with Crippen molar-refractivity contribution >= 4 is 21.4 Å². The van der Waals surface area contributed by atoms with Crippen molar-refractivity contribution in [3.05, 3.63) is 71.1 Å². The molecule has 1 aliphatic heterocycles. The number of thiophene rings is 1. The zero-order valence-corrected chi connectivity index (χ0v) is 30.1. The number of unbranched alkanes of at least 4 members (excludes halogenated alkanes) is 4. The Labute approximate surface area is 287 Å². The molecular weight excluding hydrogens is 609 g/mol. The first-order chi connectivity index (χ1) is 23.1. The van der Waals surface area contributed by atoms with Crippen LogP contribution >= 0.6 is 11.3 Å². The molecule has 3 aromatic rings. The van der Waals surface area contributed by atoms with Gasteiger partial charge in [0.2, 0.25) is 0 Å². The van der Waals surface area contributed by atoms with E-state index in [1.165, 1.54) is 15.0 Å². The smallest absolute Gasteiger partial charge is 0.128 e. The average molecular weight is 667 g/mol. The van der Waals surface area contributed by atoms with Gasteiger partial charge < -0.3 is 28.4 Å². The highest BCUT2D eigenvalue weighted by molar-refractivity contribution is 7.19. The summed E-state index contributed by atoms with van der Waals surface area (Å²) in [6.07, 6.45) is 10.7. The normalized spacial score (nSPS) is 19.7. The minimum atomic E-state index is -0.377. The van der Waals surface area contributed by atoms with E-state index in [1.54, 1.807) is 6.08 Å². The zero-order valence-electron chi connectivity index (χ0n) is 29.3. The molecule has 0 aliphatic carbocycles. The lowest BCUT2D eigenvalue weighted by molar-refractivity contribution is -0.213. The van der Waals surface area contributed by atoms with E-state index in [9.17, 15) is 0 Å². The maximum atomic E-state index is 6.99. The van der Waals surface area contributed by atoms with Crippen LogP contribution in [0, 0.1) is 0 Å². The van der Waals surface area contributed by atoms with E-state index >= 15 is 0 Å². The average Bonchev–Trinajstić information content (AvgIpc) is 3.50. The summed E-state index contributed by atoms with van der Waals surface area (Å²) in [6, 6.07) is 15.2. The quantitative estimate of drug-likeness (QED) is 0.0742. The Morgan fingerprint density at radius 3 is 2.30 bits per heavy atom. The molecule has 7 heteroatoms. The first-order valence-electron chi connectivity index (χ1n) is 18.1. The van der Waals surface area contributed by atoms with Crippen molar-refractivity contribution < 1.29 is 28.4 Å². The summed E-state index contributed by atoms with van der Waals surface area (Å²) < 4.78 is 40.6. The first-order valence-corrected chi connectivity index (χ1v) is 18.9. The van der Waals surface area contributed by atoms with Gasteiger partial charge >= 0.3 is 0 Å². The van der Waals surface area contributed by atoms with Crippen LogP contribution in [0.2, 0.25) is 0 Å². The molecule has 0 N–H and O–H groups in total. The maximum absolute atomic E-state index is 6.99. The number of ether oxygens (including phenoxy) is 6. The van der Waals surface area contributed by atoms with Crippen LogP contribution in [0.4, 0.5) is 0 Å². The van der Waals surface area contributed by atoms with Crippen molar-refractivity contribution in [1.82, 2.24) is 0 Å². The summed E-state index contributed by atoms with van der Waals surface area (Å²) >= 11 is 1.83. The van der Waals surface area contributed by atoms with E-state index in [0.29, 0.717) is 33.0 Å². The molecule has 4 rings (SSSR count).